The number of esters is 3. The largest absolute Gasteiger partial charge is 0.508 e. The van der Waals surface area contributed by atoms with Crippen LogP contribution in [0.25, 0.3) is 0 Å². The molecule has 3 aromatic carbocycles. The van der Waals surface area contributed by atoms with Gasteiger partial charge in [0.05, 0.1) is 56.2 Å². The van der Waals surface area contributed by atoms with E-state index in [1.165, 1.54) is 18.8 Å². The van der Waals surface area contributed by atoms with Crippen molar-refractivity contribution in [3.8, 4) is 17.2 Å². The lowest BCUT2D eigenvalue weighted by Crippen LogP contribution is -2.11. The Bertz CT molecular complexity index is 1790. The third-order valence-corrected chi connectivity index (χ3v) is 8.36. The Kier molecular flexibility index (Phi) is 16.9. The van der Waals surface area contributed by atoms with Crippen molar-refractivity contribution in [2.24, 2.45) is 0 Å². The van der Waals surface area contributed by atoms with E-state index in [1.54, 1.807) is 112 Å². The van der Waals surface area contributed by atoms with Gasteiger partial charge in [-0.3, -0.25) is 14.4 Å². The van der Waals surface area contributed by atoms with Crippen molar-refractivity contribution in [2.45, 2.75) is 57.8 Å². The first-order valence-electron chi connectivity index (χ1n) is 18.2. The first-order chi connectivity index (χ1) is 27.6. The average Bonchev–Trinajstić information content (AvgIpc) is 4.03. The highest BCUT2D eigenvalue weighted by molar-refractivity contribution is 5.72. The van der Waals surface area contributed by atoms with Crippen LogP contribution in [0.3, 0.4) is 0 Å². The highest BCUT2D eigenvalue weighted by Gasteiger charge is 2.24. The molecule has 6 aromatic rings. The van der Waals surface area contributed by atoms with E-state index in [0.29, 0.717) is 36.9 Å². The zero-order valence-corrected chi connectivity index (χ0v) is 31.7. The topological polar surface area (TPSA) is 218 Å². The Morgan fingerprint density at radius 1 is 0.456 bits per heavy atom. The number of benzene rings is 3. The first kappa shape index (κ1) is 42.8. The quantitative estimate of drug-likeness (QED) is 0.0683. The minimum atomic E-state index is -0.288. The summed E-state index contributed by atoms with van der Waals surface area (Å²) in [5, 5.41) is 39.6. The summed E-state index contributed by atoms with van der Waals surface area (Å²) < 4.78 is 29.4. The third-order valence-electron chi connectivity index (χ3n) is 8.36. The number of carbonyl (C=O) groups is 3. The Hall–Kier alpha value is -6.90. The molecule has 3 aromatic heterocycles. The van der Waals surface area contributed by atoms with Crippen LogP contribution in [0.5, 0.6) is 17.2 Å². The standard InChI is InChI=1S/3C14H15NO4/c3*1-2-18-14(17)9-12(13-7-8-19-15-13)10-3-5-11(16)6-4-10/h3*3-8,12,16H,2,9H2,1H3/t2*12-;/m10./s1. The van der Waals surface area contributed by atoms with E-state index >= 15 is 0 Å². The van der Waals surface area contributed by atoms with Crippen molar-refractivity contribution in [3.05, 3.63) is 144 Å². The summed E-state index contributed by atoms with van der Waals surface area (Å²) in [6.45, 7) is 6.34. The normalized spacial score (nSPS) is 12.1. The number of carbonyl (C=O) groups excluding carboxylic acids is 3. The second-order valence-corrected chi connectivity index (χ2v) is 12.2. The maximum atomic E-state index is 11.7. The van der Waals surface area contributed by atoms with Gasteiger partial charge in [0.2, 0.25) is 0 Å². The molecule has 0 saturated heterocycles. The predicted molar refractivity (Wildman–Crippen MR) is 203 cm³/mol. The summed E-state index contributed by atoms with van der Waals surface area (Å²) in [7, 11) is 0. The van der Waals surface area contributed by atoms with E-state index in [4.69, 9.17) is 27.8 Å². The van der Waals surface area contributed by atoms with Crippen LogP contribution in [0.2, 0.25) is 0 Å². The van der Waals surface area contributed by atoms with Gasteiger partial charge in [-0.1, -0.05) is 51.9 Å². The van der Waals surface area contributed by atoms with Crippen LogP contribution in [0.1, 0.15) is 91.6 Å². The molecule has 0 radical (unpaired) electrons. The molecule has 1 unspecified atom stereocenters. The minimum absolute atomic E-state index is 0.179. The molecular weight excluding hydrogens is 738 g/mol. The Morgan fingerprint density at radius 3 is 0.895 bits per heavy atom. The second-order valence-electron chi connectivity index (χ2n) is 12.2. The number of phenolic OH excluding ortho intramolecular Hbond substituents is 3. The summed E-state index contributed by atoms with van der Waals surface area (Å²) in [6, 6.07) is 25.2. The monoisotopic (exact) mass is 783 g/mol. The molecule has 300 valence electrons. The van der Waals surface area contributed by atoms with Crippen LogP contribution in [-0.4, -0.2) is 68.5 Å². The summed E-state index contributed by atoms with van der Waals surface area (Å²) in [5.41, 5.74) is 4.62. The molecule has 0 aliphatic carbocycles. The molecule has 3 N–H and O–H groups in total. The third kappa shape index (κ3) is 13.7. The van der Waals surface area contributed by atoms with E-state index in [2.05, 4.69) is 15.5 Å². The molecule has 6 rings (SSSR count). The van der Waals surface area contributed by atoms with E-state index in [0.717, 1.165) is 16.7 Å². The fraction of sp³-hybridized carbons (Fsp3) is 0.286. The SMILES string of the molecule is CCOC(=O)CC(c1ccc(O)cc1)c1ccon1.CCOC(=O)C[C@@H](c1ccc(O)cc1)c1ccon1.CCOC(=O)C[C@H](c1ccc(O)cc1)c1ccon1. The van der Waals surface area contributed by atoms with Crippen molar-refractivity contribution in [1.82, 2.24) is 15.5 Å². The maximum Gasteiger partial charge on any atom is 0.306 e. The fourth-order valence-electron chi connectivity index (χ4n) is 5.66. The highest BCUT2D eigenvalue weighted by atomic mass is 16.5. The minimum Gasteiger partial charge on any atom is -0.508 e. The predicted octanol–water partition coefficient (Wildman–Crippen LogP) is 7.40. The molecular formula is C42H45N3O12. The molecule has 0 spiro atoms. The van der Waals surface area contributed by atoms with Gasteiger partial charge in [-0.2, -0.15) is 0 Å². The molecule has 0 fully saturated rings. The van der Waals surface area contributed by atoms with Crippen molar-refractivity contribution < 1.29 is 57.5 Å². The summed E-state index contributed by atoms with van der Waals surface area (Å²) in [5.74, 6) is -1.04. The van der Waals surface area contributed by atoms with Gasteiger partial charge in [-0.05, 0) is 73.9 Å². The number of ether oxygens (including phenoxy) is 3. The number of aromatic nitrogens is 3. The molecule has 0 aliphatic heterocycles. The van der Waals surface area contributed by atoms with Gasteiger partial charge in [0.15, 0.2) is 0 Å². The number of hydrogen-bond donors (Lipinski definition) is 3. The maximum absolute atomic E-state index is 11.7. The van der Waals surface area contributed by atoms with Crippen molar-refractivity contribution in [2.75, 3.05) is 19.8 Å². The molecule has 3 atom stereocenters. The molecule has 15 nitrogen and oxygen atoms in total. The summed E-state index contributed by atoms with van der Waals surface area (Å²) in [6.07, 6.45) is 4.96. The first-order valence-corrected chi connectivity index (χ1v) is 18.2. The van der Waals surface area contributed by atoms with Gasteiger partial charge < -0.3 is 43.1 Å². The molecule has 0 bridgehead atoms. The van der Waals surface area contributed by atoms with Crippen LogP contribution in [0, 0.1) is 0 Å². The van der Waals surface area contributed by atoms with Crippen molar-refractivity contribution in [1.29, 1.82) is 0 Å². The second kappa shape index (κ2) is 22.5. The number of nitrogens with zero attached hydrogens (tertiary/aromatic N) is 3. The van der Waals surface area contributed by atoms with Crippen LogP contribution >= 0.6 is 0 Å². The molecule has 15 heteroatoms. The molecule has 0 aliphatic rings. The smallest absolute Gasteiger partial charge is 0.306 e. The number of phenols is 3. The molecule has 57 heavy (non-hydrogen) atoms. The Labute approximate surface area is 328 Å². The number of rotatable bonds is 15. The molecule has 0 saturated carbocycles. The van der Waals surface area contributed by atoms with Gasteiger partial charge >= 0.3 is 17.9 Å². The van der Waals surface area contributed by atoms with Gasteiger partial charge in [0, 0.05) is 36.0 Å². The fourth-order valence-corrected chi connectivity index (χ4v) is 5.66. The van der Waals surface area contributed by atoms with E-state index in [9.17, 15) is 29.7 Å². The lowest BCUT2D eigenvalue weighted by Gasteiger charge is -2.13. The van der Waals surface area contributed by atoms with Crippen LogP contribution in [0.15, 0.2) is 123 Å². The van der Waals surface area contributed by atoms with Crippen molar-refractivity contribution >= 4 is 17.9 Å². The van der Waals surface area contributed by atoms with Gasteiger partial charge in [0.1, 0.15) is 36.0 Å². The van der Waals surface area contributed by atoms with Crippen LogP contribution in [0.4, 0.5) is 0 Å². The van der Waals surface area contributed by atoms with E-state index in [-0.39, 0.29) is 72.2 Å². The van der Waals surface area contributed by atoms with E-state index in [1.807, 2.05) is 0 Å². The van der Waals surface area contributed by atoms with Gasteiger partial charge in [0.25, 0.3) is 0 Å². The van der Waals surface area contributed by atoms with Gasteiger partial charge in [-0.25, -0.2) is 0 Å². The van der Waals surface area contributed by atoms with Crippen molar-refractivity contribution in [3.63, 3.8) is 0 Å². The Balaban J connectivity index is 0.000000189. The molecule has 0 amide bonds. The summed E-state index contributed by atoms with van der Waals surface area (Å²) >= 11 is 0. The number of aromatic hydroxyl groups is 3. The summed E-state index contributed by atoms with van der Waals surface area (Å²) in [4.78, 5) is 35.0. The van der Waals surface area contributed by atoms with Crippen LogP contribution in [-0.2, 0) is 28.6 Å². The molecule has 3 heterocycles. The van der Waals surface area contributed by atoms with Crippen LogP contribution < -0.4 is 0 Å². The lowest BCUT2D eigenvalue weighted by molar-refractivity contribution is -0.144. The highest BCUT2D eigenvalue weighted by Crippen LogP contribution is 2.31. The Morgan fingerprint density at radius 2 is 0.702 bits per heavy atom. The van der Waals surface area contributed by atoms with Gasteiger partial charge in [-0.15, -0.1) is 0 Å². The van der Waals surface area contributed by atoms with E-state index < -0.39 is 0 Å². The zero-order chi connectivity index (χ0) is 41.0. The lowest BCUT2D eigenvalue weighted by atomic mass is 9.92. The zero-order valence-electron chi connectivity index (χ0n) is 31.7. The average molecular weight is 784 g/mol. The number of hydrogen-bond acceptors (Lipinski definition) is 15.